The largest absolute Gasteiger partial charge is 0.391 e. The second-order valence-electron chi connectivity index (χ2n) is 4.97. The van der Waals surface area contributed by atoms with Gasteiger partial charge >= 0.3 is 6.03 Å². The third-order valence-corrected chi connectivity index (χ3v) is 4.35. The lowest BCUT2D eigenvalue weighted by Crippen LogP contribution is -2.44. The highest BCUT2D eigenvalue weighted by atomic mass is 32.2. The predicted octanol–water partition coefficient (Wildman–Crippen LogP) is 1.08. The van der Waals surface area contributed by atoms with Gasteiger partial charge in [0, 0.05) is 25.0 Å². The molecule has 7 heteroatoms. The van der Waals surface area contributed by atoms with Gasteiger partial charge in [0.25, 0.3) is 0 Å². The summed E-state index contributed by atoms with van der Waals surface area (Å²) in [7, 11) is -3.23. The van der Waals surface area contributed by atoms with Crippen molar-refractivity contribution in [2.75, 3.05) is 24.7 Å². The number of urea groups is 1. The summed E-state index contributed by atoms with van der Waals surface area (Å²) in [5.74, 6) is 0. The maximum Gasteiger partial charge on any atom is 0.321 e. The second kappa shape index (κ2) is 5.80. The highest BCUT2D eigenvalue weighted by Crippen LogP contribution is 2.16. The molecule has 110 valence electrons. The summed E-state index contributed by atoms with van der Waals surface area (Å²) in [4.78, 5) is 13.7. The Morgan fingerprint density at radius 2 is 2.00 bits per heavy atom. The minimum atomic E-state index is -3.23. The summed E-state index contributed by atoms with van der Waals surface area (Å²) < 4.78 is 22.7. The molecule has 1 fully saturated rings. The number of anilines is 1. The smallest absolute Gasteiger partial charge is 0.321 e. The van der Waals surface area contributed by atoms with E-state index in [1.54, 1.807) is 17.0 Å². The van der Waals surface area contributed by atoms with Crippen molar-refractivity contribution in [3.63, 3.8) is 0 Å². The van der Waals surface area contributed by atoms with Gasteiger partial charge in [-0.2, -0.15) is 0 Å². The van der Waals surface area contributed by atoms with E-state index in [-0.39, 0.29) is 10.9 Å². The Bertz CT molecular complexity index is 583. The van der Waals surface area contributed by atoms with E-state index in [1.165, 1.54) is 12.1 Å². The highest BCUT2D eigenvalue weighted by molar-refractivity contribution is 7.90. The molecular weight excluding hydrogens is 280 g/mol. The van der Waals surface area contributed by atoms with Crippen molar-refractivity contribution >= 4 is 21.6 Å². The Hall–Kier alpha value is -1.60. The standard InChI is InChI=1S/C13H18N2O4S/c1-20(18,19)12-6-4-10(5-7-12)14-13(17)15-8-2-3-11(16)9-15/h4-7,11,16H,2-3,8-9H2,1H3,(H,14,17)/t11-/m0/s1. The number of nitrogens with zero attached hydrogens (tertiary/aromatic N) is 1. The zero-order valence-corrected chi connectivity index (χ0v) is 12.1. The van der Waals surface area contributed by atoms with Crippen LogP contribution < -0.4 is 5.32 Å². The van der Waals surface area contributed by atoms with Crippen LogP contribution in [-0.4, -0.2) is 49.9 Å². The number of hydrogen-bond acceptors (Lipinski definition) is 4. The van der Waals surface area contributed by atoms with Crippen LogP contribution in [0.1, 0.15) is 12.8 Å². The summed E-state index contributed by atoms with van der Waals surface area (Å²) in [6, 6.07) is 5.73. The first-order valence-corrected chi connectivity index (χ1v) is 8.29. The number of aliphatic hydroxyl groups is 1. The van der Waals surface area contributed by atoms with E-state index < -0.39 is 15.9 Å². The van der Waals surface area contributed by atoms with Crippen molar-refractivity contribution in [1.29, 1.82) is 0 Å². The molecule has 2 N–H and O–H groups in total. The van der Waals surface area contributed by atoms with Crippen LogP contribution in [0.15, 0.2) is 29.2 Å². The van der Waals surface area contributed by atoms with E-state index in [4.69, 9.17) is 0 Å². The number of amides is 2. The fourth-order valence-corrected chi connectivity index (χ4v) is 2.76. The molecule has 0 spiro atoms. The average molecular weight is 298 g/mol. The Morgan fingerprint density at radius 3 is 2.55 bits per heavy atom. The zero-order valence-electron chi connectivity index (χ0n) is 11.2. The Labute approximate surface area is 118 Å². The molecule has 0 aromatic heterocycles. The van der Waals surface area contributed by atoms with Crippen LogP contribution in [0.3, 0.4) is 0 Å². The lowest BCUT2D eigenvalue weighted by molar-refractivity contribution is 0.0883. The van der Waals surface area contributed by atoms with Crippen LogP contribution in [0.5, 0.6) is 0 Å². The fraction of sp³-hybridized carbons (Fsp3) is 0.462. The van der Waals surface area contributed by atoms with Gasteiger partial charge in [-0.3, -0.25) is 0 Å². The number of benzene rings is 1. The quantitative estimate of drug-likeness (QED) is 0.855. The van der Waals surface area contributed by atoms with Gasteiger partial charge in [-0.05, 0) is 37.1 Å². The summed E-state index contributed by atoms with van der Waals surface area (Å²) in [5.41, 5.74) is 0.530. The molecule has 0 radical (unpaired) electrons. The molecule has 1 aliphatic heterocycles. The number of rotatable bonds is 2. The van der Waals surface area contributed by atoms with Crippen molar-refractivity contribution in [2.45, 2.75) is 23.8 Å². The first-order valence-electron chi connectivity index (χ1n) is 6.40. The van der Waals surface area contributed by atoms with Crippen LogP contribution in [-0.2, 0) is 9.84 Å². The normalized spacial score (nSPS) is 19.7. The van der Waals surface area contributed by atoms with Gasteiger partial charge in [0.15, 0.2) is 9.84 Å². The summed E-state index contributed by atoms with van der Waals surface area (Å²) in [6.45, 7) is 0.942. The van der Waals surface area contributed by atoms with Crippen molar-refractivity contribution in [3.8, 4) is 0 Å². The highest BCUT2D eigenvalue weighted by Gasteiger charge is 2.22. The van der Waals surface area contributed by atoms with Gasteiger partial charge in [0.2, 0.25) is 0 Å². The summed E-state index contributed by atoms with van der Waals surface area (Å²) >= 11 is 0. The lowest BCUT2D eigenvalue weighted by Gasteiger charge is -2.30. The van der Waals surface area contributed by atoms with Gasteiger partial charge < -0.3 is 15.3 Å². The monoisotopic (exact) mass is 298 g/mol. The first kappa shape index (κ1) is 14.8. The number of likely N-dealkylation sites (tertiary alicyclic amines) is 1. The molecule has 0 saturated carbocycles. The summed E-state index contributed by atoms with van der Waals surface area (Å²) in [6.07, 6.45) is 2.16. The maximum absolute atomic E-state index is 12.0. The van der Waals surface area contributed by atoms with E-state index in [2.05, 4.69) is 5.32 Å². The maximum atomic E-state index is 12.0. The number of β-amino-alcohol motifs (C(OH)–C–C–N with tert-alkyl or cyclic N) is 1. The molecule has 2 rings (SSSR count). The fourth-order valence-electron chi connectivity index (χ4n) is 2.13. The predicted molar refractivity (Wildman–Crippen MR) is 75.4 cm³/mol. The third-order valence-electron chi connectivity index (χ3n) is 3.22. The number of piperidine rings is 1. The molecule has 1 aromatic carbocycles. The van der Waals surface area contributed by atoms with E-state index in [9.17, 15) is 18.3 Å². The van der Waals surface area contributed by atoms with Crippen LogP contribution in [0.25, 0.3) is 0 Å². The molecular formula is C13H18N2O4S. The SMILES string of the molecule is CS(=O)(=O)c1ccc(NC(=O)N2CCC[C@H](O)C2)cc1. The zero-order chi connectivity index (χ0) is 14.8. The van der Waals surface area contributed by atoms with Crippen molar-refractivity contribution in [3.05, 3.63) is 24.3 Å². The van der Waals surface area contributed by atoms with Gasteiger partial charge in [-0.1, -0.05) is 0 Å². The Morgan fingerprint density at radius 1 is 1.35 bits per heavy atom. The van der Waals surface area contributed by atoms with E-state index in [1.807, 2.05) is 0 Å². The number of nitrogens with one attached hydrogen (secondary N) is 1. The molecule has 0 aliphatic carbocycles. The van der Waals surface area contributed by atoms with Crippen molar-refractivity contribution < 1.29 is 18.3 Å². The van der Waals surface area contributed by atoms with E-state index in [0.717, 1.165) is 12.7 Å². The molecule has 1 aromatic rings. The lowest BCUT2D eigenvalue weighted by atomic mass is 10.1. The van der Waals surface area contributed by atoms with Crippen LogP contribution >= 0.6 is 0 Å². The summed E-state index contributed by atoms with van der Waals surface area (Å²) in [5, 5.41) is 12.2. The number of sulfone groups is 1. The van der Waals surface area contributed by atoms with Gasteiger partial charge in [0.1, 0.15) is 0 Å². The Kier molecular flexibility index (Phi) is 4.29. The number of carbonyl (C=O) groups is 1. The van der Waals surface area contributed by atoms with Gasteiger partial charge in [-0.15, -0.1) is 0 Å². The minimum Gasteiger partial charge on any atom is -0.391 e. The first-order chi connectivity index (χ1) is 9.36. The number of carbonyl (C=O) groups excluding carboxylic acids is 1. The van der Waals surface area contributed by atoms with Crippen LogP contribution in [0.2, 0.25) is 0 Å². The number of hydrogen-bond donors (Lipinski definition) is 2. The molecule has 1 heterocycles. The van der Waals surface area contributed by atoms with Crippen molar-refractivity contribution in [2.24, 2.45) is 0 Å². The molecule has 1 saturated heterocycles. The molecule has 0 bridgehead atoms. The second-order valence-corrected chi connectivity index (χ2v) is 6.98. The van der Waals surface area contributed by atoms with Gasteiger partial charge in [0.05, 0.1) is 11.0 Å². The van der Waals surface area contributed by atoms with Gasteiger partial charge in [-0.25, -0.2) is 13.2 Å². The topological polar surface area (TPSA) is 86.7 Å². The minimum absolute atomic E-state index is 0.212. The average Bonchev–Trinajstić information content (AvgIpc) is 2.38. The van der Waals surface area contributed by atoms with Crippen LogP contribution in [0.4, 0.5) is 10.5 Å². The molecule has 1 atom stereocenters. The van der Waals surface area contributed by atoms with Crippen LogP contribution in [0, 0.1) is 0 Å². The molecule has 6 nitrogen and oxygen atoms in total. The number of aliphatic hydroxyl groups excluding tert-OH is 1. The molecule has 0 unspecified atom stereocenters. The van der Waals surface area contributed by atoms with E-state index >= 15 is 0 Å². The molecule has 20 heavy (non-hydrogen) atoms. The van der Waals surface area contributed by atoms with E-state index in [0.29, 0.717) is 25.2 Å². The van der Waals surface area contributed by atoms with Crippen molar-refractivity contribution in [1.82, 2.24) is 4.90 Å². The third kappa shape index (κ3) is 3.71. The Balaban J connectivity index is 2.01. The molecule has 1 aliphatic rings. The molecule has 2 amide bonds.